The Hall–Kier alpha value is -4.96. The maximum absolute atomic E-state index is 13.8. The van der Waals surface area contributed by atoms with Crippen molar-refractivity contribution >= 4 is 29.4 Å². The molecule has 0 unspecified atom stereocenters. The number of carboxylic acids is 1. The first-order valence-electron chi connectivity index (χ1n) is 13.2. The van der Waals surface area contributed by atoms with Crippen LogP contribution in [0.5, 0.6) is 11.5 Å². The van der Waals surface area contributed by atoms with E-state index in [-0.39, 0.29) is 24.3 Å². The molecule has 0 saturated carbocycles. The number of methoxy groups -OCH3 is 1. The highest BCUT2D eigenvalue weighted by molar-refractivity contribution is 7.07. The number of aromatic nitrogens is 1. The molecule has 0 aliphatic carbocycles. The van der Waals surface area contributed by atoms with E-state index < -0.39 is 18.0 Å². The Kier molecular flexibility index (Phi) is 8.35. The number of fused-ring (bicyclic) bond motifs is 1. The van der Waals surface area contributed by atoms with Gasteiger partial charge in [0.2, 0.25) is 0 Å². The Morgan fingerprint density at radius 2 is 1.79 bits per heavy atom. The molecule has 1 atom stereocenters. The zero-order valence-corrected chi connectivity index (χ0v) is 24.0. The SMILES string of the molecule is CCOC(=O)C1=C(C)N=c2s/c(=C/c3ccc(OCc4ccc(C(=O)O)cc4)cc3)c(=O)n2[C@@H]1c1cccc(OC)c1. The molecule has 2 heterocycles. The number of hydrogen-bond acceptors (Lipinski definition) is 8. The fourth-order valence-electron chi connectivity index (χ4n) is 4.64. The number of benzene rings is 3. The smallest absolute Gasteiger partial charge is 0.338 e. The third-order valence-electron chi connectivity index (χ3n) is 6.71. The first kappa shape index (κ1) is 28.6. The monoisotopic (exact) mass is 584 g/mol. The second kappa shape index (κ2) is 12.3. The topological polar surface area (TPSA) is 116 Å². The van der Waals surface area contributed by atoms with E-state index in [1.807, 2.05) is 24.3 Å². The minimum atomic E-state index is -0.976. The summed E-state index contributed by atoms with van der Waals surface area (Å²) in [4.78, 5) is 43.0. The van der Waals surface area contributed by atoms with Crippen LogP contribution >= 0.6 is 11.3 Å². The second-order valence-electron chi connectivity index (χ2n) is 9.44. The van der Waals surface area contributed by atoms with Crippen LogP contribution in [0.3, 0.4) is 0 Å². The number of esters is 1. The first-order valence-corrected chi connectivity index (χ1v) is 14.0. The molecule has 0 bridgehead atoms. The fraction of sp³-hybridized carbons (Fsp3) is 0.188. The van der Waals surface area contributed by atoms with Gasteiger partial charge < -0.3 is 19.3 Å². The van der Waals surface area contributed by atoms with Crippen molar-refractivity contribution in [2.75, 3.05) is 13.7 Å². The highest BCUT2D eigenvalue weighted by atomic mass is 32.1. The zero-order chi connectivity index (χ0) is 29.8. The van der Waals surface area contributed by atoms with Crippen molar-refractivity contribution in [3.8, 4) is 11.5 Å². The molecule has 4 aromatic rings. The summed E-state index contributed by atoms with van der Waals surface area (Å²) >= 11 is 1.25. The molecule has 3 aromatic carbocycles. The van der Waals surface area contributed by atoms with Crippen LogP contribution in [0.2, 0.25) is 0 Å². The average Bonchev–Trinajstić information content (AvgIpc) is 3.30. The number of nitrogens with zero attached hydrogens (tertiary/aromatic N) is 2. The zero-order valence-electron chi connectivity index (χ0n) is 23.2. The van der Waals surface area contributed by atoms with E-state index in [9.17, 15) is 14.4 Å². The minimum absolute atomic E-state index is 0.196. The summed E-state index contributed by atoms with van der Waals surface area (Å²) in [6, 6.07) is 20.3. The predicted molar refractivity (Wildman–Crippen MR) is 158 cm³/mol. The van der Waals surface area contributed by atoms with E-state index >= 15 is 0 Å². The van der Waals surface area contributed by atoms with E-state index in [4.69, 9.17) is 19.3 Å². The largest absolute Gasteiger partial charge is 0.497 e. The van der Waals surface area contributed by atoms with Crippen LogP contribution in [0, 0.1) is 0 Å². The van der Waals surface area contributed by atoms with E-state index in [1.165, 1.54) is 28.0 Å². The number of thiazole rings is 1. The molecule has 0 amide bonds. The lowest BCUT2D eigenvalue weighted by Crippen LogP contribution is -2.39. The Bertz CT molecular complexity index is 1850. The molecule has 1 aromatic heterocycles. The first-order chi connectivity index (χ1) is 20.3. The lowest BCUT2D eigenvalue weighted by Gasteiger charge is -2.25. The van der Waals surface area contributed by atoms with E-state index in [0.29, 0.717) is 37.7 Å². The van der Waals surface area contributed by atoms with Gasteiger partial charge in [-0.3, -0.25) is 9.36 Å². The summed E-state index contributed by atoms with van der Waals surface area (Å²) < 4.78 is 18.6. The molecule has 214 valence electrons. The third-order valence-corrected chi connectivity index (χ3v) is 7.69. The fourth-order valence-corrected chi connectivity index (χ4v) is 5.69. The maximum atomic E-state index is 13.8. The molecule has 1 N–H and O–H groups in total. The summed E-state index contributed by atoms with van der Waals surface area (Å²) in [5.41, 5.74) is 3.09. The van der Waals surface area contributed by atoms with Gasteiger partial charge in [-0.1, -0.05) is 47.7 Å². The second-order valence-corrected chi connectivity index (χ2v) is 10.4. The van der Waals surface area contributed by atoms with Gasteiger partial charge in [0.1, 0.15) is 18.1 Å². The molecule has 10 heteroatoms. The summed E-state index contributed by atoms with van der Waals surface area (Å²) in [6.45, 7) is 3.96. The third kappa shape index (κ3) is 5.89. The lowest BCUT2D eigenvalue weighted by molar-refractivity contribution is -0.139. The molecule has 5 rings (SSSR count). The van der Waals surface area contributed by atoms with Gasteiger partial charge in [0.05, 0.1) is 41.1 Å². The van der Waals surface area contributed by atoms with Crippen molar-refractivity contribution in [3.05, 3.63) is 126 Å². The van der Waals surface area contributed by atoms with Crippen LogP contribution in [0.4, 0.5) is 0 Å². The van der Waals surface area contributed by atoms with Crippen molar-refractivity contribution in [1.29, 1.82) is 0 Å². The van der Waals surface area contributed by atoms with Gasteiger partial charge in [-0.15, -0.1) is 0 Å². The predicted octanol–water partition coefficient (Wildman–Crippen LogP) is 4.08. The molecule has 0 spiro atoms. The van der Waals surface area contributed by atoms with Gasteiger partial charge >= 0.3 is 11.9 Å². The quantitative estimate of drug-likeness (QED) is 0.295. The van der Waals surface area contributed by atoms with Crippen LogP contribution in [-0.4, -0.2) is 35.3 Å². The molecular weight excluding hydrogens is 556 g/mol. The number of ether oxygens (including phenoxy) is 3. The van der Waals surface area contributed by atoms with Gasteiger partial charge in [-0.05, 0) is 73.0 Å². The summed E-state index contributed by atoms with van der Waals surface area (Å²) in [5.74, 6) is -0.263. The van der Waals surface area contributed by atoms with Crippen molar-refractivity contribution in [2.45, 2.75) is 26.5 Å². The van der Waals surface area contributed by atoms with Gasteiger partial charge in [0.15, 0.2) is 4.80 Å². The number of allylic oxidation sites excluding steroid dienone is 1. The Balaban J connectivity index is 1.46. The Morgan fingerprint density at radius 1 is 1.05 bits per heavy atom. The van der Waals surface area contributed by atoms with Crippen molar-refractivity contribution in [3.63, 3.8) is 0 Å². The van der Waals surface area contributed by atoms with Crippen LogP contribution in [-0.2, 0) is 16.1 Å². The minimum Gasteiger partial charge on any atom is -0.497 e. The summed E-state index contributed by atoms with van der Waals surface area (Å²) in [7, 11) is 1.56. The van der Waals surface area contributed by atoms with Crippen LogP contribution in [0.25, 0.3) is 6.08 Å². The Morgan fingerprint density at radius 3 is 2.45 bits per heavy atom. The number of carbonyl (C=O) groups excluding carboxylic acids is 1. The molecule has 0 saturated heterocycles. The number of carboxylic acid groups (broad SMARTS) is 1. The Labute approximate surface area is 245 Å². The number of aromatic carboxylic acids is 1. The average molecular weight is 585 g/mol. The van der Waals surface area contributed by atoms with Gasteiger partial charge in [0.25, 0.3) is 5.56 Å². The molecule has 1 aliphatic rings. The maximum Gasteiger partial charge on any atom is 0.338 e. The summed E-state index contributed by atoms with van der Waals surface area (Å²) in [5, 5.41) is 9.04. The van der Waals surface area contributed by atoms with Gasteiger partial charge in [-0.25, -0.2) is 14.6 Å². The van der Waals surface area contributed by atoms with Crippen LogP contribution in [0.1, 0.15) is 46.9 Å². The number of rotatable bonds is 9. The standard InChI is InChI=1S/C32H28N2O7S/c1-4-40-31(38)27-19(2)33-32-34(28(27)23-6-5-7-25(17-23)39-3)29(35)26(42-32)16-20-10-14-24(15-11-20)41-18-21-8-12-22(13-9-21)30(36)37/h5-17,28H,4,18H2,1-3H3,(H,36,37)/b26-16+/t28-/m1/s1. The van der Waals surface area contributed by atoms with E-state index in [1.54, 1.807) is 63.4 Å². The number of carbonyl (C=O) groups is 2. The normalized spacial score (nSPS) is 14.6. The van der Waals surface area contributed by atoms with Crippen LogP contribution < -0.4 is 24.4 Å². The number of hydrogen-bond donors (Lipinski definition) is 1. The lowest BCUT2D eigenvalue weighted by atomic mass is 9.95. The highest BCUT2D eigenvalue weighted by Crippen LogP contribution is 2.32. The van der Waals surface area contributed by atoms with E-state index in [0.717, 1.165) is 11.1 Å². The molecule has 9 nitrogen and oxygen atoms in total. The summed E-state index contributed by atoms with van der Waals surface area (Å²) in [6.07, 6.45) is 1.78. The molecule has 0 fully saturated rings. The molecule has 1 aliphatic heterocycles. The molecule has 0 radical (unpaired) electrons. The van der Waals surface area contributed by atoms with Crippen LogP contribution in [0.15, 0.2) is 93.9 Å². The van der Waals surface area contributed by atoms with Crippen molar-refractivity contribution in [2.24, 2.45) is 4.99 Å². The van der Waals surface area contributed by atoms with Gasteiger partial charge in [0, 0.05) is 0 Å². The molecular formula is C32H28N2O7S. The highest BCUT2D eigenvalue weighted by Gasteiger charge is 2.33. The van der Waals surface area contributed by atoms with Crippen molar-refractivity contribution in [1.82, 2.24) is 4.57 Å². The van der Waals surface area contributed by atoms with Crippen molar-refractivity contribution < 1.29 is 28.9 Å². The van der Waals surface area contributed by atoms with Gasteiger partial charge in [-0.2, -0.15) is 0 Å². The van der Waals surface area contributed by atoms with E-state index in [2.05, 4.69) is 4.99 Å². The molecule has 42 heavy (non-hydrogen) atoms.